The quantitative estimate of drug-likeness (QED) is 0.803. The molecule has 0 spiro atoms. The van der Waals surface area contributed by atoms with Crippen molar-refractivity contribution < 1.29 is 0 Å². The highest BCUT2D eigenvalue weighted by atomic mass is 32.1. The Morgan fingerprint density at radius 2 is 2.54 bits per heavy atom. The topological polar surface area (TPSA) is 29.9 Å². The van der Waals surface area contributed by atoms with Gasteiger partial charge in [-0.15, -0.1) is 11.3 Å². The molecule has 0 aliphatic rings. The van der Waals surface area contributed by atoms with Crippen molar-refractivity contribution in [2.24, 2.45) is 0 Å². The Labute approximate surface area is 81.0 Å². The minimum Gasteiger partial charge on any atom is -0.314 e. The van der Waals surface area contributed by atoms with Crippen LogP contribution in [-0.4, -0.2) is 16.6 Å². The van der Waals surface area contributed by atoms with Gasteiger partial charge in [0.15, 0.2) is 5.13 Å². The van der Waals surface area contributed by atoms with Crippen LogP contribution in [0, 0.1) is 0 Å². The van der Waals surface area contributed by atoms with Crippen LogP contribution < -0.4 is 5.32 Å². The lowest BCUT2D eigenvalue weighted by Crippen LogP contribution is -2.09. The predicted molar refractivity (Wildman–Crippen MR) is 54.2 cm³/mol. The van der Waals surface area contributed by atoms with E-state index in [-0.39, 0.29) is 0 Å². The highest BCUT2D eigenvalue weighted by Crippen LogP contribution is 2.14. The van der Waals surface area contributed by atoms with Gasteiger partial charge >= 0.3 is 0 Å². The molecular weight excluding hydrogens is 182 g/mol. The van der Waals surface area contributed by atoms with E-state index in [0.29, 0.717) is 0 Å². The molecule has 3 nitrogen and oxygen atoms in total. The summed E-state index contributed by atoms with van der Waals surface area (Å²) in [5.41, 5.74) is 1.23. The Hall–Kier alpha value is -1.13. The van der Waals surface area contributed by atoms with Crippen LogP contribution in [0.1, 0.15) is 5.69 Å². The van der Waals surface area contributed by atoms with E-state index in [9.17, 15) is 0 Å². The normalized spacial score (nSPS) is 10.5. The van der Waals surface area contributed by atoms with Crippen molar-refractivity contribution in [3.63, 3.8) is 0 Å². The van der Waals surface area contributed by atoms with E-state index in [4.69, 9.17) is 0 Å². The number of aromatic nitrogens is 2. The van der Waals surface area contributed by atoms with Crippen molar-refractivity contribution >= 4 is 11.3 Å². The van der Waals surface area contributed by atoms with Crippen LogP contribution in [0.5, 0.6) is 0 Å². The first-order chi connectivity index (χ1) is 6.42. The molecule has 0 aliphatic carbocycles. The molecule has 0 saturated carbocycles. The van der Waals surface area contributed by atoms with E-state index in [1.165, 1.54) is 5.69 Å². The molecule has 4 heteroatoms. The first-order valence-electron chi connectivity index (χ1n) is 4.12. The van der Waals surface area contributed by atoms with Gasteiger partial charge in [0.05, 0.1) is 0 Å². The van der Waals surface area contributed by atoms with Crippen molar-refractivity contribution in [1.29, 1.82) is 0 Å². The molecule has 0 fully saturated rings. The van der Waals surface area contributed by atoms with Crippen LogP contribution in [0.15, 0.2) is 29.9 Å². The fraction of sp³-hybridized carbons (Fsp3) is 0.222. The summed E-state index contributed by atoms with van der Waals surface area (Å²) in [6, 6.07) is 4.13. The van der Waals surface area contributed by atoms with Gasteiger partial charge in [0, 0.05) is 30.0 Å². The Bertz CT molecular complexity index is 364. The lowest BCUT2D eigenvalue weighted by Gasteiger charge is -2.03. The Morgan fingerprint density at radius 3 is 3.23 bits per heavy atom. The first kappa shape index (κ1) is 8.47. The minimum atomic E-state index is 0.868. The summed E-state index contributed by atoms with van der Waals surface area (Å²) < 4.78 is 2.10. The Balaban J connectivity index is 2.35. The van der Waals surface area contributed by atoms with Crippen molar-refractivity contribution in [2.75, 3.05) is 7.05 Å². The molecule has 0 unspecified atom stereocenters. The molecule has 1 N–H and O–H groups in total. The molecule has 0 bridgehead atoms. The molecule has 68 valence electrons. The molecule has 2 aromatic rings. The third-order valence-electron chi connectivity index (χ3n) is 1.82. The second-order valence-corrected chi connectivity index (χ2v) is 3.59. The van der Waals surface area contributed by atoms with Gasteiger partial charge in [-0.25, -0.2) is 4.98 Å². The van der Waals surface area contributed by atoms with Gasteiger partial charge in [-0.05, 0) is 19.2 Å². The standard InChI is InChI=1S/C9H11N3S/c1-10-7-8-3-2-5-12(8)9-11-4-6-13-9/h2-6,10H,7H2,1H3. The largest absolute Gasteiger partial charge is 0.314 e. The van der Waals surface area contributed by atoms with Gasteiger partial charge in [-0.3, -0.25) is 4.57 Å². The Morgan fingerprint density at radius 1 is 1.62 bits per heavy atom. The van der Waals surface area contributed by atoms with E-state index >= 15 is 0 Å². The average Bonchev–Trinajstić information content (AvgIpc) is 2.71. The molecule has 0 amide bonds. The maximum atomic E-state index is 4.26. The predicted octanol–water partition coefficient (Wildman–Crippen LogP) is 1.65. The van der Waals surface area contributed by atoms with Crippen molar-refractivity contribution in [2.45, 2.75) is 6.54 Å². The van der Waals surface area contributed by atoms with Crippen LogP contribution >= 0.6 is 11.3 Å². The SMILES string of the molecule is CNCc1cccn1-c1nccs1. The summed E-state index contributed by atoms with van der Waals surface area (Å²) in [6.45, 7) is 0.868. The van der Waals surface area contributed by atoms with Gasteiger partial charge in [0.1, 0.15) is 0 Å². The number of hydrogen-bond donors (Lipinski definition) is 1. The lowest BCUT2D eigenvalue weighted by atomic mass is 10.4. The zero-order valence-corrected chi connectivity index (χ0v) is 8.21. The lowest BCUT2D eigenvalue weighted by molar-refractivity contribution is 0.766. The maximum Gasteiger partial charge on any atom is 0.193 e. The van der Waals surface area contributed by atoms with Crippen molar-refractivity contribution in [3.8, 4) is 5.13 Å². The third kappa shape index (κ3) is 1.64. The molecule has 2 aromatic heterocycles. The molecule has 0 aromatic carbocycles. The van der Waals surface area contributed by atoms with Gasteiger partial charge < -0.3 is 5.32 Å². The van der Waals surface area contributed by atoms with Gasteiger partial charge in [-0.1, -0.05) is 0 Å². The monoisotopic (exact) mass is 193 g/mol. The van der Waals surface area contributed by atoms with E-state index in [2.05, 4.69) is 20.9 Å². The van der Waals surface area contributed by atoms with Crippen LogP contribution in [0.4, 0.5) is 0 Å². The number of thiazole rings is 1. The van der Waals surface area contributed by atoms with E-state index in [1.54, 1.807) is 11.3 Å². The molecule has 0 saturated heterocycles. The van der Waals surface area contributed by atoms with E-state index in [1.807, 2.05) is 30.9 Å². The minimum absolute atomic E-state index is 0.868. The zero-order chi connectivity index (χ0) is 9.10. The van der Waals surface area contributed by atoms with E-state index in [0.717, 1.165) is 11.7 Å². The second kappa shape index (κ2) is 3.72. The van der Waals surface area contributed by atoms with Gasteiger partial charge in [0.25, 0.3) is 0 Å². The highest BCUT2D eigenvalue weighted by Gasteiger charge is 2.03. The smallest absolute Gasteiger partial charge is 0.193 e. The van der Waals surface area contributed by atoms with Crippen LogP contribution in [0.3, 0.4) is 0 Å². The molecule has 2 heterocycles. The van der Waals surface area contributed by atoms with Crippen molar-refractivity contribution in [1.82, 2.24) is 14.9 Å². The van der Waals surface area contributed by atoms with E-state index < -0.39 is 0 Å². The van der Waals surface area contributed by atoms with Crippen molar-refractivity contribution in [3.05, 3.63) is 35.6 Å². The van der Waals surface area contributed by atoms with Crippen LogP contribution in [0.2, 0.25) is 0 Å². The summed E-state index contributed by atoms with van der Waals surface area (Å²) in [6.07, 6.45) is 3.86. The average molecular weight is 193 g/mol. The number of hydrogen-bond acceptors (Lipinski definition) is 3. The van der Waals surface area contributed by atoms with Gasteiger partial charge in [-0.2, -0.15) is 0 Å². The fourth-order valence-corrected chi connectivity index (χ4v) is 1.92. The number of nitrogens with one attached hydrogen (secondary N) is 1. The highest BCUT2D eigenvalue weighted by molar-refractivity contribution is 7.12. The summed E-state index contributed by atoms with van der Waals surface area (Å²) >= 11 is 1.64. The summed E-state index contributed by atoms with van der Waals surface area (Å²) in [7, 11) is 1.94. The zero-order valence-electron chi connectivity index (χ0n) is 7.40. The summed E-state index contributed by atoms with van der Waals surface area (Å²) in [5.74, 6) is 0. The van der Waals surface area contributed by atoms with Gasteiger partial charge in [0.2, 0.25) is 0 Å². The number of rotatable bonds is 3. The second-order valence-electron chi connectivity index (χ2n) is 2.71. The summed E-state index contributed by atoms with van der Waals surface area (Å²) in [5, 5.41) is 6.14. The molecule has 2 rings (SSSR count). The fourth-order valence-electron chi connectivity index (χ4n) is 1.26. The first-order valence-corrected chi connectivity index (χ1v) is 5.00. The third-order valence-corrected chi connectivity index (χ3v) is 2.59. The molecule has 0 aliphatic heterocycles. The van der Waals surface area contributed by atoms with Crippen LogP contribution in [-0.2, 0) is 6.54 Å². The molecule has 13 heavy (non-hydrogen) atoms. The molecule has 0 atom stereocenters. The summed E-state index contributed by atoms with van der Waals surface area (Å²) in [4.78, 5) is 4.26. The maximum absolute atomic E-state index is 4.26. The number of nitrogens with zero attached hydrogens (tertiary/aromatic N) is 2. The molecular formula is C9H11N3S. The Kier molecular flexibility index (Phi) is 2.42. The molecule has 0 radical (unpaired) electrons. The van der Waals surface area contributed by atoms with Crippen LogP contribution in [0.25, 0.3) is 5.13 Å².